The fourth-order valence-electron chi connectivity index (χ4n) is 3.39. The number of aromatic nitrogens is 3. The Morgan fingerprint density at radius 1 is 1.18 bits per heavy atom. The third-order valence-corrected chi connectivity index (χ3v) is 8.18. The molecule has 0 aliphatic carbocycles. The molecule has 4 heterocycles. The molecule has 28 heavy (non-hydrogen) atoms. The van der Waals surface area contributed by atoms with Crippen LogP contribution in [0.2, 0.25) is 0 Å². The van der Waals surface area contributed by atoms with E-state index in [1.54, 1.807) is 12.3 Å². The van der Waals surface area contributed by atoms with Crippen molar-refractivity contribution in [3.63, 3.8) is 0 Å². The van der Waals surface area contributed by atoms with Gasteiger partial charge in [0.25, 0.3) is 0 Å². The Bertz CT molecular complexity index is 1100. The Kier molecular flexibility index (Phi) is 4.92. The highest BCUT2D eigenvalue weighted by molar-refractivity contribution is 8.24. The number of rotatable bonds is 4. The van der Waals surface area contributed by atoms with Gasteiger partial charge in [0, 0.05) is 46.6 Å². The first-order valence-corrected chi connectivity index (χ1v) is 12.3. The Morgan fingerprint density at radius 2 is 1.93 bits per heavy atom. The van der Waals surface area contributed by atoms with Crippen LogP contribution < -0.4 is 4.72 Å². The molecule has 0 radical (unpaired) electrons. The van der Waals surface area contributed by atoms with Crippen molar-refractivity contribution >= 4 is 31.6 Å². The molecular weight excluding hydrogens is 400 g/mol. The third kappa shape index (κ3) is 3.91. The van der Waals surface area contributed by atoms with E-state index in [2.05, 4.69) is 19.7 Å². The topological polar surface area (TPSA) is 128 Å². The van der Waals surface area contributed by atoms with Crippen molar-refractivity contribution in [2.75, 3.05) is 11.5 Å². The zero-order valence-corrected chi connectivity index (χ0v) is 16.9. The molecule has 3 aromatic heterocycles. The van der Waals surface area contributed by atoms with Gasteiger partial charge in [-0.1, -0.05) is 0 Å². The quantitative estimate of drug-likeness (QED) is 0.511. The number of aryl methyl sites for hydroxylation is 1. The molecule has 1 aliphatic rings. The Hall–Kier alpha value is -1.98. The summed E-state index contributed by atoms with van der Waals surface area (Å²) in [4.78, 5) is 11.9. The van der Waals surface area contributed by atoms with E-state index in [9.17, 15) is 17.5 Å². The molecule has 8 nitrogen and oxygen atoms in total. The van der Waals surface area contributed by atoms with Crippen molar-refractivity contribution in [1.29, 1.82) is 0 Å². The van der Waals surface area contributed by atoms with Crippen molar-refractivity contribution in [2.24, 2.45) is 0 Å². The predicted molar refractivity (Wildman–Crippen MR) is 110 cm³/mol. The molecule has 0 amide bonds. The normalized spacial score (nSPS) is 19.0. The first-order valence-electron chi connectivity index (χ1n) is 8.90. The van der Waals surface area contributed by atoms with Crippen LogP contribution in [0.25, 0.3) is 22.3 Å². The van der Waals surface area contributed by atoms with Crippen LogP contribution in [0.5, 0.6) is 0 Å². The fraction of sp³-hybridized carbons (Fsp3) is 0.333. The number of H-pyrrole nitrogens is 1. The number of pyridine rings is 2. The van der Waals surface area contributed by atoms with Crippen LogP contribution >= 0.6 is 10.6 Å². The zero-order valence-electron chi connectivity index (χ0n) is 15.3. The van der Waals surface area contributed by atoms with Crippen molar-refractivity contribution in [2.45, 2.75) is 30.7 Å². The molecule has 10 heteroatoms. The first-order chi connectivity index (χ1) is 13.2. The molecular formula is C18H22N4O4S2. The lowest BCUT2D eigenvalue weighted by molar-refractivity contribution is 0.444. The van der Waals surface area contributed by atoms with E-state index in [0.717, 1.165) is 22.3 Å². The maximum atomic E-state index is 12.6. The van der Waals surface area contributed by atoms with Gasteiger partial charge < -0.3 is 4.98 Å². The molecule has 0 unspecified atom stereocenters. The number of nitrogens with zero attached hydrogens (tertiary/aromatic N) is 2. The zero-order chi connectivity index (χ0) is 19.9. The average molecular weight is 423 g/mol. The smallest absolute Gasteiger partial charge is 0.242 e. The summed E-state index contributed by atoms with van der Waals surface area (Å²) in [6.07, 6.45) is 3.86. The summed E-state index contributed by atoms with van der Waals surface area (Å²) >= 11 is 0. The summed E-state index contributed by atoms with van der Waals surface area (Å²) in [5.74, 6) is 0.455. The molecule has 0 spiro atoms. The van der Waals surface area contributed by atoms with Gasteiger partial charge in [0.2, 0.25) is 10.0 Å². The lowest BCUT2D eigenvalue weighted by Gasteiger charge is -2.39. The van der Waals surface area contributed by atoms with Crippen molar-refractivity contribution in [1.82, 2.24) is 19.7 Å². The van der Waals surface area contributed by atoms with Gasteiger partial charge in [-0.3, -0.25) is 14.1 Å². The predicted octanol–water partition coefficient (Wildman–Crippen LogP) is 3.12. The summed E-state index contributed by atoms with van der Waals surface area (Å²) in [6, 6.07) is 6.76. The molecule has 1 fully saturated rings. The summed E-state index contributed by atoms with van der Waals surface area (Å²) < 4.78 is 47.3. The Balaban J connectivity index is 1.55. The van der Waals surface area contributed by atoms with E-state index in [1.807, 2.05) is 19.1 Å². The van der Waals surface area contributed by atoms with Gasteiger partial charge in [-0.15, -0.1) is 0 Å². The summed E-state index contributed by atoms with van der Waals surface area (Å²) in [5.41, 5.74) is 3.29. The van der Waals surface area contributed by atoms with E-state index in [1.165, 1.54) is 12.3 Å². The van der Waals surface area contributed by atoms with E-state index in [-0.39, 0.29) is 22.4 Å². The van der Waals surface area contributed by atoms with E-state index >= 15 is 0 Å². The van der Waals surface area contributed by atoms with Gasteiger partial charge >= 0.3 is 0 Å². The highest BCUT2D eigenvalue weighted by Gasteiger charge is 2.28. The van der Waals surface area contributed by atoms with Crippen LogP contribution in [0.4, 0.5) is 0 Å². The highest BCUT2D eigenvalue weighted by Crippen LogP contribution is 2.44. The monoisotopic (exact) mass is 422 g/mol. The van der Waals surface area contributed by atoms with E-state index in [0.29, 0.717) is 18.5 Å². The summed E-state index contributed by atoms with van der Waals surface area (Å²) in [6.45, 7) is 1.95. The maximum Gasteiger partial charge on any atom is 0.242 e. The SMILES string of the molecule is Cc1cc2c(-c3ccc(S(=O)(=O)NC4CCS(O)(O)CC4)cn3)ccnc2[nH]1. The number of nitrogens with one attached hydrogen (secondary N) is 2. The highest BCUT2D eigenvalue weighted by atomic mass is 32.3. The molecule has 0 atom stereocenters. The van der Waals surface area contributed by atoms with Crippen LogP contribution in [0.1, 0.15) is 18.5 Å². The molecule has 4 rings (SSSR count). The van der Waals surface area contributed by atoms with Crippen LogP contribution in [-0.4, -0.2) is 50.0 Å². The minimum atomic E-state index is -3.72. The molecule has 4 N–H and O–H groups in total. The van der Waals surface area contributed by atoms with Gasteiger partial charge in [0.1, 0.15) is 10.5 Å². The minimum absolute atomic E-state index is 0.0870. The number of hydrogen-bond acceptors (Lipinski definition) is 6. The molecule has 0 aromatic carbocycles. The van der Waals surface area contributed by atoms with Crippen LogP contribution in [0, 0.1) is 6.92 Å². The summed E-state index contributed by atoms with van der Waals surface area (Å²) in [5, 5.41) is 0.933. The molecule has 0 saturated carbocycles. The van der Waals surface area contributed by atoms with Crippen molar-refractivity contribution in [3.05, 3.63) is 42.4 Å². The maximum absolute atomic E-state index is 12.6. The van der Waals surface area contributed by atoms with E-state index in [4.69, 9.17) is 0 Å². The van der Waals surface area contributed by atoms with Gasteiger partial charge in [0.15, 0.2) is 0 Å². The van der Waals surface area contributed by atoms with Gasteiger partial charge in [0.05, 0.1) is 5.69 Å². The average Bonchev–Trinajstić information content (AvgIpc) is 3.04. The number of fused-ring (bicyclic) bond motifs is 1. The second kappa shape index (κ2) is 7.12. The van der Waals surface area contributed by atoms with Gasteiger partial charge in [-0.25, -0.2) is 18.1 Å². The largest absolute Gasteiger partial charge is 0.344 e. The van der Waals surface area contributed by atoms with Gasteiger partial charge in [-0.2, -0.15) is 10.6 Å². The van der Waals surface area contributed by atoms with Crippen LogP contribution in [0.3, 0.4) is 0 Å². The standard InChI is InChI=1S/C18H22N4O4S2/c1-12-10-16-15(4-7-19-18(16)21-12)17-3-2-14(11-20-17)28(25,26)22-13-5-8-27(23,24)9-6-13/h2-4,7,10-11,13,22-24H,5-6,8-9H2,1H3,(H,19,21). The molecule has 150 valence electrons. The number of hydrogen-bond donors (Lipinski definition) is 4. The van der Waals surface area contributed by atoms with Crippen LogP contribution in [-0.2, 0) is 10.0 Å². The number of aromatic amines is 1. The Labute approximate surface area is 164 Å². The van der Waals surface area contributed by atoms with Crippen LogP contribution in [0.15, 0.2) is 41.6 Å². The number of sulfonamides is 1. The fourth-order valence-corrected chi connectivity index (χ4v) is 6.17. The molecule has 1 saturated heterocycles. The lowest BCUT2D eigenvalue weighted by atomic mass is 10.1. The van der Waals surface area contributed by atoms with E-state index < -0.39 is 20.6 Å². The van der Waals surface area contributed by atoms with Crippen molar-refractivity contribution in [3.8, 4) is 11.3 Å². The second-order valence-corrected chi connectivity index (χ2v) is 11.2. The lowest BCUT2D eigenvalue weighted by Crippen LogP contribution is -2.39. The third-order valence-electron chi connectivity index (χ3n) is 4.90. The molecule has 1 aliphatic heterocycles. The summed E-state index contributed by atoms with van der Waals surface area (Å²) in [7, 11) is -6.26. The van der Waals surface area contributed by atoms with Gasteiger partial charge in [-0.05, 0) is 44.0 Å². The van der Waals surface area contributed by atoms with Crippen molar-refractivity contribution < 1.29 is 17.5 Å². The molecule has 3 aromatic rings. The Morgan fingerprint density at radius 3 is 2.61 bits per heavy atom. The molecule has 0 bridgehead atoms. The minimum Gasteiger partial charge on any atom is -0.344 e. The second-order valence-electron chi connectivity index (χ2n) is 7.06. The first kappa shape index (κ1) is 19.3.